The van der Waals surface area contributed by atoms with Crippen LogP contribution in [0.25, 0.3) is 11.1 Å². The van der Waals surface area contributed by atoms with E-state index in [9.17, 15) is 28.3 Å². The van der Waals surface area contributed by atoms with Crippen LogP contribution in [0.1, 0.15) is 23.5 Å². The molecule has 2 heterocycles. The molecule has 0 spiro atoms. The molecule has 0 radical (unpaired) electrons. The predicted octanol–water partition coefficient (Wildman–Crippen LogP) is 2.86. The van der Waals surface area contributed by atoms with E-state index in [1.807, 2.05) is 48.5 Å². The van der Waals surface area contributed by atoms with Crippen LogP contribution >= 0.6 is 0 Å². The Labute approximate surface area is 199 Å². The molecular weight excluding hydrogens is 462 g/mol. The Balaban J connectivity index is 1.24. The highest BCUT2D eigenvalue weighted by atomic mass is 19.3. The number of alkyl halides is 2. The molecule has 3 aliphatic rings. The number of fused-ring (bicyclic) bond motifs is 3. The topological polar surface area (TPSA) is 105 Å². The summed E-state index contributed by atoms with van der Waals surface area (Å²) < 4.78 is 38.5. The molecule has 2 aromatic carbocycles. The van der Waals surface area contributed by atoms with E-state index in [4.69, 9.17) is 9.47 Å². The van der Waals surface area contributed by atoms with E-state index in [0.717, 1.165) is 22.3 Å². The van der Waals surface area contributed by atoms with Crippen LogP contribution in [0, 0.1) is 5.92 Å². The Morgan fingerprint density at radius 3 is 2.31 bits per heavy atom. The van der Waals surface area contributed by atoms with E-state index in [1.54, 1.807) is 0 Å². The van der Waals surface area contributed by atoms with E-state index < -0.39 is 54.9 Å². The third-order valence-electron chi connectivity index (χ3n) is 6.88. The number of ether oxygens (including phenoxy) is 2. The quantitative estimate of drug-likeness (QED) is 0.674. The molecule has 8 nitrogen and oxygen atoms in total. The van der Waals surface area contributed by atoms with Crippen LogP contribution in [0.5, 0.6) is 0 Å². The number of likely N-dealkylation sites (tertiary alicyclic amines) is 1. The molecule has 0 saturated carbocycles. The Bertz CT molecular complexity index is 1130. The lowest BCUT2D eigenvalue weighted by Gasteiger charge is -2.26. The molecule has 2 N–H and O–H groups in total. The maximum atomic E-state index is 13.8. The highest BCUT2D eigenvalue weighted by Crippen LogP contribution is 2.44. The van der Waals surface area contributed by atoms with Crippen LogP contribution in [0.2, 0.25) is 0 Å². The van der Waals surface area contributed by atoms with Crippen LogP contribution < -0.4 is 5.32 Å². The lowest BCUT2D eigenvalue weighted by atomic mass is 9.98. The fourth-order valence-corrected chi connectivity index (χ4v) is 5.21. The minimum absolute atomic E-state index is 0.0113. The lowest BCUT2D eigenvalue weighted by molar-refractivity contribution is -0.150. The standard InChI is InChI=1S/C25H24F2N2O6/c26-25(27)9-21(23(31)32)29(13-25)22(30)19-10-34-12-20(19)28-24(33)35-11-18-16-7-3-1-5-14(16)15-6-2-4-8-17(15)18/h1-8,18-21H,9-13H2,(H,28,33)(H,31,32)/t19?,20?,21-/m1/s1. The minimum Gasteiger partial charge on any atom is -0.480 e. The maximum Gasteiger partial charge on any atom is 0.407 e. The van der Waals surface area contributed by atoms with E-state index in [0.29, 0.717) is 4.90 Å². The molecule has 2 aliphatic heterocycles. The number of carboxylic acid groups (broad SMARTS) is 1. The first kappa shape index (κ1) is 23.2. The van der Waals surface area contributed by atoms with Gasteiger partial charge in [0.15, 0.2) is 0 Å². The number of halogens is 2. The molecule has 0 bridgehead atoms. The number of carbonyl (C=O) groups is 3. The van der Waals surface area contributed by atoms with Crippen LogP contribution in [0.3, 0.4) is 0 Å². The molecule has 2 unspecified atom stereocenters. The number of nitrogens with one attached hydrogen (secondary N) is 1. The predicted molar refractivity (Wildman–Crippen MR) is 119 cm³/mol. The first-order chi connectivity index (χ1) is 16.7. The lowest BCUT2D eigenvalue weighted by Crippen LogP contribution is -2.50. The Kier molecular flexibility index (Phi) is 5.92. The summed E-state index contributed by atoms with van der Waals surface area (Å²) in [6, 6.07) is 13.3. The molecule has 3 atom stereocenters. The molecule has 184 valence electrons. The average molecular weight is 486 g/mol. The summed E-state index contributed by atoms with van der Waals surface area (Å²) in [6.45, 7) is -1.02. The summed E-state index contributed by atoms with van der Waals surface area (Å²) in [7, 11) is 0. The molecule has 35 heavy (non-hydrogen) atoms. The van der Waals surface area contributed by atoms with Gasteiger partial charge in [-0.25, -0.2) is 18.4 Å². The molecule has 5 rings (SSSR count). The van der Waals surface area contributed by atoms with Gasteiger partial charge in [0.1, 0.15) is 12.6 Å². The van der Waals surface area contributed by atoms with Crippen molar-refractivity contribution < 1.29 is 37.7 Å². The summed E-state index contributed by atoms with van der Waals surface area (Å²) in [5, 5.41) is 11.9. The van der Waals surface area contributed by atoms with Crippen LogP contribution in [-0.2, 0) is 19.1 Å². The third kappa shape index (κ3) is 4.34. The molecule has 0 aromatic heterocycles. The first-order valence-corrected chi connectivity index (χ1v) is 11.4. The van der Waals surface area contributed by atoms with Gasteiger partial charge in [0, 0.05) is 12.3 Å². The van der Waals surface area contributed by atoms with Crippen LogP contribution in [0.4, 0.5) is 13.6 Å². The van der Waals surface area contributed by atoms with Gasteiger partial charge in [0.25, 0.3) is 5.92 Å². The number of benzene rings is 2. The SMILES string of the molecule is O=C(NC1COCC1C(=O)N1CC(F)(F)C[C@@H]1C(=O)O)OCC1c2ccccc2-c2ccccc21. The summed E-state index contributed by atoms with van der Waals surface area (Å²) in [5.41, 5.74) is 4.27. The van der Waals surface area contributed by atoms with Gasteiger partial charge in [-0.1, -0.05) is 48.5 Å². The number of hydrogen-bond acceptors (Lipinski definition) is 5. The Hall–Kier alpha value is -3.53. The van der Waals surface area contributed by atoms with Gasteiger partial charge in [-0.2, -0.15) is 0 Å². The van der Waals surface area contributed by atoms with E-state index >= 15 is 0 Å². The number of amides is 2. The normalized spacial score (nSPS) is 24.6. The van der Waals surface area contributed by atoms with Gasteiger partial charge in [-0.3, -0.25) is 4.79 Å². The first-order valence-electron chi connectivity index (χ1n) is 11.4. The number of carbonyl (C=O) groups excluding carboxylic acids is 2. The van der Waals surface area contributed by atoms with Crippen LogP contribution in [0.15, 0.2) is 48.5 Å². The highest BCUT2D eigenvalue weighted by Gasteiger charge is 2.52. The summed E-state index contributed by atoms with van der Waals surface area (Å²) >= 11 is 0. The van der Waals surface area contributed by atoms with Gasteiger partial charge in [0.2, 0.25) is 5.91 Å². The Morgan fingerprint density at radius 2 is 1.69 bits per heavy atom. The third-order valence-corrected chi connectivity index (χ3v) is 6.88. The smallest absolute Gasteiger partial charge is 0.407 e. The molecule has 2 aromatic rings. The van der Waals surface area contributed by atoms with Gasteiger partial charge in [-0.15, -0.1) is 0 Å². The van der Waals surface area contributed by atoms with Gasteiger partial charge in [0.05, 0.1) is 31.7 Å². The van der Waals surface area contributed by atoms with E-state index in [-0.39, 0.29) is 25.7 Å². The monoisotopic (exact) mass is 486 g/mol. The zero-order chi connectivity index (χ0) is 24.7. The van der Waals surface area contributed by atoms with Crippen molar-refractivity contribution >= 4 is 18.0 Å². The van der Waals surface area contributed by atoms with E-state index in [1.165, 1.54) is 0 Å². The summed E-state index contributed by atoms with van der Waals surface area (Å²) in [4.78, 5) is 37.6. The van der Waals surface area contributed by atoms with Crippen molar-refractivity contribution in [1.82, 2.24) is 10.2 Å². The van der Waals surface area contributed by atoms with Gasteiger partial charge < -0.3 is 24.8 Å². The number of nitrogens with zero attached hydrogens (tertiary/aromatic N) is 1. The second-order valence-corrected chi connectivity index (χ2v) is 9.10. The maximum absolute atomic E-state index is 13.8. The highest BCUT2D eigenvalue weighted by molar-refractivity contribution is 5.87. The fraction of sp³-hybridized carbons (Fsp3) is 0.400. The van der Waals surface area contributed by atoms with Gasteiger partial charge in [-0.05, 0) is 22.3 Å². The van der Waals surface area contributed by atoms with E-state index in [2.05, 4.69) is 5.32 Å². The number of hydrogen-bond donors (Lipinski definition) is 2. The molecule has 10 heteroatoms. The number of carboxylic acids is 1. The fourth-order valence-electron chi connectivity index (χ4n) is 5.21. The summed E-state index contributed by atoms with van der Waals surface area (Å²) in [6.07, 6.45) is -1.70. The molecule has 2 fully saturated rings. The van der Waals surface area contributed by atoms with Crippen LogP contribution in [-0.4, -0.2) is 72.3 Å². The molecule has 2 saturated heterocycles. The second-order valence-electron chi connectivity index (χ2n) is 9.10. The molecular formula is C25H24F2N2O6. The summed E-state index contributed by atoms with van der Waals surface area (Å²) in [5.74, 6) is -6.68. The second kappa shape index (κ2) is 8.92. The van der Waals surface area contributed by atoms with Crippen molar-refractivity contribution in [3.63, 3.8) is 0 Å². The average Bonchev–Trinajstić information content (AvgIpc) is 3.51. The zero-order valence-corrected chi connectivity index (χ0v) is 18.7. The zero-order valence-electron chi connectivity index (χ0n) is 18.7. The largest absolute Gasteiger partial charge is 0.480 e. The van der Waals surface area contributed by atoms with Gasteiger partial charge >= 0.3 is 12.1 Å². The van der Waals surface area contributed by atoms with Crippen molar-refractivity contribution in [1.29, 1.82) is 0 Å². The van der Waals surface area contributed by atoms with Crippen molar-refractivity contribution in [3.05, 3.63) is 59.7 Å². The number of rotatable bonds is 5. The minimum atomic E-state index is -3.28. The number of alkyl carbamates (subject to hydrolysis) is 1. The van der Waals surface area contributed by atoms with Crippen molar-refractivity contribution in [2.75, 3.05) is 26.4 Å². The number of aliphatic carboxylic acids is 1. The molecule has 2 amide bonds. The van der Waals surface area contributed by atoms with Crippen molar-refractivity contribution in [2.24, 2.45) is 5.92 Å². The Morgan fingerprint density at radius 1 is 1.06 bits per heavy atom. The molecule has 1 aliphatic carbocycles. The van der Waals surface area contributed by atoms with Crippen molar-refractivity contribution in [2.45, 2.75) is 30.3 Å². The van der Waals surface area contributed by atoms with Crippen molar-refractivity contribution in [3.8, 4) is 11.1 Å².